The summed E-state index contributed by atoms with van der Waals surface area (Å²) in [6.07, 6.45) is 2.17. The molecule has 1 N–H and O–H groups in total. The smallest absolute Gasteiger partial charge is 0.255 e. The Kier molecular flexibility index (Phi) is 4.24. The van der Waals surface area contributed by atoms with Crippen LogP contribution >= 0.6 is 0 Å². The second-order valence-corrected chi connectivity index (χ2v) is 9.58. The van der Waals surface area contributed by atoms with Crippen LogP contribution in [0, 0.1) is 0 Å². The average Bonchev–Trinajstić information content (AvgIpc) is 2.56. The van der Waals surface area contributed by atoms with Crippen LogP contribution in [0.1, 0.15) is 12.8 Å². The van der Waals surface area contributed by atoms with Crippen LogP contribution in [0.5, 0.6) is 0 Å². The monoisotopic (exact) mass is 297 g/mol. The molecule has 0 saturated carbocycles. The van der Waals surface area contributed by atoms with E-state index in [1.54, 1.807) is 0 Å². The molecule has 0 radical (unpaired) electrons. The van der Waals surface area contributed by atoms with Crippen LogP contribution in [0.2, 0.25) is 5.54 Å². The van der Waals surface area contributed by atoms with Gasteiger partial charge in [0.2, 0.25) is 0 Å². The highest BCUT2D eigenvalue weighted by atomic mass is 28.4. The first-order valence-corrected chi connectivity index (χ1v) is 9.75. The second-order valence-electron chi connectivity index (χ2n) is 6.08. The maximum atomic E-state index is 11.8. The lowest BCUT2D eigenvalue weighted by Gasteiger charge is -2.39. The van der Waals surface area contributed by atoms with E-state index in [1.165, 1.54) is 0 Å². The van der Waals surface area contributed by atoms with Gasteiger partial charge in [0.25, 0.3) is 8.32 Å². The molecule has 1 aliphatic rings. The molecule has 0 bridgehead atoms. The van der Waals surface area contributed by atoms with Crippen LogP contribution in [-0.2, 0) is 0 Å². The zero-order valence-electron chi connectivity index (χ0n) is 12.6. The summed E-state index contributed by atoms with van der Waals surface area (Å²) in [5, 5.41) is 2.29. The highest BCUT2D eigenvalue weighted by Gasteiger charge is 2.44. The van der Waals surface area contributed by atoms with Crippen molar-refractivity contribution in [1.29, 1.82) is 0 Å². The van der Waals surface area contributed by atoms with Crippen LogP contribution in [-0.4, -0.2) is 38.2 Å². The molecule has 1 saturated heterocycles. The summed E-state index contributed by atoms with van der Waals surface area (Å²) in [4.78, 5) is 14.1. The van der Waals surface area contributed by atoms with E-state index in [0.717, 1.165) is 36.3 Å². The molecule has 2 nitrogen and oxygen atoms in total. The van der Waals surface area contributed by atoms with Crippen molar-refractivity contribution in [3.05, 3.63) is 60.7 Å². The molecule has 3 rings (SSSR count). The minimum Gasteiger partial charge on any atom is -0.424 e. The summed E-state index contributed by atoms with van der Waals surface area (Å²) in [5.74, 6) is 0. The fourth-order valence-electron chi connectivity index (χ4n) is 3.45. The first-order valence-electron chi connectivity index (χ1n) is 7.73. The molecule has 0 spiro atoms. The zero-order chi connectivity index (χ0) is 14.7. The molecule has 0 amide bonds. The lowest BCUT2D eigenvalue weighted by molar-refractivity contribution is 0.267. The minimum atomic E-state index is -2.66. The number of hydrogen-bond donors (Lipinski definition) is 1. The molecule has 3 heteroatoms. The first kappa shape index (κ1) is 14.5. The Morgan fingerprint density at radius 1 is 0.857 bits per heavy atom. The van der Waals surface area contributed by atoms with Gasteiger partial charge in [-0.3, -0.25) is 0 Å². The quantitative estimate of drug-likeness (QED) is 0.874. The van der Waals surface area contributed by atoms with Crippen LogP contribution in [0.25, 0.3) is 0 Å². The van der Waals surface area contributed by atoms with Crippen molar-refractivity contribution in [2.75, 3.05) is 20.1 Å². The molecule has 2 aromatic rings. The van der Waals surface area contributed by atoms with Gasteiger partial charge in [-0.25, -0.2) is 0 Å². The summed E-state index contributed by atoms with van der Waals surface area (Å²) in [7, 11) is -0.489. The highest BCUT2D eigenvalue weighted by molar-refractivity contribution is 6.97. The average molecular weight is 297 g/mol. The number of likely N-dealkylation sites (tertiary alicyclic amines) is 1. The Morgan fingerprint density at radius 2 is 1.29 bits per heavy atom. The molecule has 0 unspecified atom stereocenters. The molecular formula is C18H23NOSi. The molecule has 2 aromatic carbocycles. The largest absolute Gasteiger partial charge is 0.424 e. The predicted octanol–water partition coefficient (Wildman–Crippen LogP) is 1.83. The van der Waals surface area contributed by atoms with E-state index < -0.39 is 8.32 Å². The van der Waals surface area contributed by atoms with E-state index in [0.29, 0.717) is 5.54 Å². The van der Waals surface area contributed by atoms with Crippen LogP contribution in [0.3, 0.4) is 0 Å². The molecule has 1 heterocycles. The third-order valence-electron chi connectivity index (χ3n) is 4.74. The van der Waals surface area contributed by atoms with Crippen molar-refractivity contribution in [2.45, 2.75) is 18.4 Å². The molecule has 0 aliphatic carbocycles. The van der Waals surface area contributed by atoms with E-state index in [9.17, 15) is 4.80 Å². The number of benzene rings is 2. The summed E-state index contributed by atoms with van der Waals surface area (Å²) < 4.78 is 0. The van der Waals surface area contributed by atoms with E-state index >= 15 is 0 Å². The standard InChI is InChI=1S/C18H23NOSi/c1-19-14-12-18(13-15-19)21(20,16-8-4-2-5-9-16)17-10-6-3-7-11-17/h2-11,18,20H,12-15H2,1H3. The van der Waals surface area contributed by atoms with Gasteiger partial charge in [-0.15, -0.1) is 0 Å². The van der Waals surface area contributed by atoms with Gasteiger partial charge in [0, 0.05) is 0 Å². The summed E-state index contributed by atoms with van der Waals surface area (Å²) in [6, 6.07) is 20.7. The third-order valence-corrected chi connectivity index (χ3v) is 8.92. The second kappa shape index (κ2) is 6.14. The number of hydrogen-bond acceptors (Lipinski definition) is 2. The third kappa shape index (κ3) is 2.82. The van der Waals surface area contributed by atoms with Gasteiger partial charge in [-0.05, 0) is 48.9 Å². The van der Waals surface area contributed by atoms with Crippen molar-refractivity contribution in [1.82, 2.24) is 4.90 Å². The van der Waals surface area contributed by atoms with Crippen LogP contribution < -0.4 is 10.4 Å². The van der Waals surface area contributed by atoms with E-state index in [4.69, 9.17) is 0 Å². The number of piperidine rings is 1. The molecule has 110 valence electrons. The Bertz CT molecular complexity index is 525. The van der Waals surface area contributed by atoms with Crippen molar-refractivity contribution in [2.24, 2.45) is 0 Å². The van der Waals surface area contributed by atoms with Gasteiger partial charge < -0.3 is 9.70 Å². The van der Waals surface area contributed by atoms with E-state index in [2.05, 4.69) is 36.2 Å². The maximum Gasteiger partial charge on any atom is 0.255 e. The number of nitrogens with zero attached hydrogens (tertiary/aromatic N) is 1. The lowest BCUT2D eigenvalue weighted by atomic mass is 10.1. The van der Waals surface area contributed by atoms with Crippen LogP contribution in [0.15, 0.2) is 60.7 Å². The Labute approximate surface area is 128 Å². The van der Waals surface area contributed by atoms with E-state index in [1.807, 2.05) is 36.4 Å². The van der Waals surface area contributed by atoms with Crippen molar-refractivity contribution >= 4 is 18.7 Å². The molecule has 0 aromatic heterocycles. The molecule has 21 heavy (non-hydrogen) atoms. The minimum absolute atomic E-state index is 0.401. The number of rotatable bonds is 3. The molecular weight excluding hydrogens is 274 g/mol. The zero-order valence-corrected chi connectivity index (χ0v) is 13.6. The fourth-order valence-corrected chi connectivity index (χ4v) is 7.22. The normalized spacial score (nSPS) is 17.8. The van der Waals surface area contributed by atoms with Gasteiger partial charge >= 0.3 is 0 Å². The Hall–Kier alpha value is -1.42. The first-order chi connectivity index (χ1) is 10.2. The van der Waals surface area contributed by atoms with Crippen molar-refractivity contribution in [3.8, 4) is 0 Å². The van der Waals surface area contributed by atoms with Gasteiger partial charge in [0.05, 0.1) is 0 Å². The van der Waals surface area contributed by atoms with Gasteiger partial charge in [-0.2, -0.15) is 0 Å². The van der Waals surface area contributed by atoms with Crippen molar-refractivity contribution < 1.29 is 4.80 Å². The van der Waals surface area contributed by atoms with Gasteiger partial charge in [-0.1, -0.05) is 60.7 Å². The maximum absolute atomic E-state index is 11.8. The fraction of sp³-hybridized carbons (Fsp3) is 0.333. The Balaban J connectivity index is 2.03. The highest BCUT2D eigenvalue weighted by Crippen LogP contribution is 2.30. The van der Waals surface area contributed by atoms with Gasteiger partial charge in [0.15, 0.2) is 0 Å². The predicted molar refractivity (Wildman–Crippen MR) is 90.6 cm³/mol. The molecule has 1 fully saturated rings. The Morgan fingerprint density at radius 3 is 1.71 bits per heavy atom. The molecule has 0 atom stereocenters. The summed E-state index contributed by atoms with van der Waals surface area (Å²) >= 11 is 0. The van der Waals surface area contributed by atoms with E-state index in [-0.39, 0.29) is 0 Å². The SMILES string of the molecule is CN1CCC([Si](O)(c2ccccc2)c2ccccc2)CC1. The molecule has 1 aliphatic heterocycles. The van der Waals surface area contributed by atoms with Crippen molar-refractivity contribution in [3.63, 3.8) is 0 Å². The topological polar surface area (TPSA) is 23.5 Å². The lowest BCUT2D eigenvalue weighted by Crippen LogP contribution is -2.63. The van der Waals surface area contributed by atoms with Gasteiger partial charge in [0.1, 0.15) is 0 Å². The van der Waals surface area contributed by atoms with Crippen LogP contribution in [0.4, 0.5) is 0 Å². The summed E-state index contributed by atoms with van der Waals surface area (Å²) in [5.41, 5.74) is 0.401. The summed E-state index contributed by atoms with van der Waals surface area (Å²) in [6.45, 7) is 2.17.